The Bertz CT molecular complexity index is 858. The molecule has 0 saturated heterocycles. The molecular weight excluding hydrogens is 326 g/mol. The van der Waals surface area contributed by atoms with E-state index in [9.17, 15) is 4.79 Å². The fourth-order valence-electron chi connectivity index (χ4n) is 3.46. The second-order valence-electron chi connectivity index (χ2n) is 6.94. The van der Waals surface area contributed by atoms with Crippen molar-refractivity contribution in [1.82, 2.24) is 5.32 Å². The Morgan fingerprint density at radius 2 is 2.19 bits per heavy atom. The molecule has 1 aliphatic rings. The zero-order valence-corrected chi connectivity index (χ0v) is 15.9. The maximum absolute atomic E-state index is 12.3. The average Bonchev–Trinajstić information content (AvgIpc) is 3.01. The summed E-state index contributed by atoms with van der Waals surface area (Å²) in [6, 6.07) is 3.90. The molecule has 4 heteroatoms. The number of aryl methyl sites for hydroxylation is 1. The number of benzene rings is 1. The second kappa shape index (κ2) is 8.26. The number of carbonyl (C=O) groups is 1. The highest BCUT2D eigenvalue weighted by atomic mass is 16.5. The van der Waals surface area contributed by atoms with Crippen LogP contribution < -0.4 is 10.1 Å². The molecular formula is C22H27NO3. The van der Waals surface area contributed by atoms with E-state index in [4.69, 9.17) is 9.15 Å². The first-order chi connectivity index (χ1) is 12.6. The Hall–Kier alpha value is -2.49. The van der Waals surface area contributed by atoms with Gasteiger partial charge < -0.3 is 14.5 Å². The van der Waals surface area contributed by atoms with Crippen molar-refractivity contribution in [3.05, 3.63) is 47.2 Å². The highest BCUT2D eigenvalue weighted by Gasteiger charge is 2.12. The number of hydrogen-bond acceptors (Lipinski definition) is 3. The molecule has 138 valence electrons. The van der Waals surface area contributed by atoms with Crippen molar-refractivity contribution >= 4 is 22.4 Å². The van der Waals surface area contributed by atoms with Gasteiger partial charge >= 0.3 is 0 Å². The molecule has 0 atom stereocenters. The summed E-state index contributed by atoms with van der Waals surface area (Å²) < 4.78 is 11.0. The highest BCUT2D eigenvalue weighted by Crippen LogP contribution is 2.33. The lowest BCUT2D eigenvalue weighted by Crippen LogP contribution is -2.23. The Balaban J connectivity index is 1.69. The molecule has 26 heavy (non-hydrogen) atoms. The summed E-state index contributed by atoms with van der Waals surface area (Å²) in [5.41, 5.74) is 5.12. The molecule has 0 spiro atoms. The van der Waals surface area contributed by atoms with Gasteiger partial charge in [0.15, 0.2) is 0 Å². The first kappa shape index (κ1) is 18.3. The van der Waals surface area contributed by atoms with Gasteiger partial charge in [0.05, 0.1) is 13.4 Å². The number of carbonyl (C=O) groups excluding carboxylic acids is 1. The topological polar surface area (TPSA) is 51.5 Å². The molecule has 1 amide bonds. The van der Waals surface area contributed by atoms with E-state index in [1.807, 2.05) is 26.0 Å². The molecule has 0 bridgehead atoms. The van der Waals surface area contributed by atoms with Gasteiger partial charge in [-0.1, -0.05) is 11.6 Å². The number of methoxy groups -OCH3 is 1. The molecule has 0 saturated carbocycles. The van der Waals surface area contributed by atoms with E-state index in [1.165, 1.54) is 31.3 Å². The van der Waals surface area contributed by atoms with E-state index in [0.717, 1.165) is 34.1 Å². The summed E-state index contributed by atoms with van der Waals surface area (Å²) in [6.45, 7) is 4.63. The summed E-state index contributed by atoms with van der Waals surface area (Å²) in [6.07, 6.45) is 11.6. The van der Waals surface area contributed by atoms with Crippen LogP contribution in [0.15, 0.2) is 40.5 Å². The number of furan rings is 1. The molecule has 0 radical (unpaired) electrons. The Labute approximate surface area is 154 Å². The number of amides is 1. The molecule has 1 aromatic carbocycles. The predicted octanol–water partition coefficient (Wildman–Crippen LogP) is 5.16. The fourth-order valence-corrected chi connectivity index (χ4v) is 3.46. The molecule has 0 fully saturated rings. The van der Waals surface area contributed by atoms with Gasteiger partial charge in [-0.3, -0.25) is 4.79 Å². The zero-order chi connectivity index (χ0) is 18.5. The van der Waals surface area contributed by atoms with E-state index < -0.39 is 0 Å². The highest BCUT2D eigenvalue weighted by molar-refractivity contribution is 5.97. The Morgan fingerprint density at radius 3 is 2.92 bits per heavy atom. The SMILES string of the molecule is COc1cc2occ(C)c2cc1/C(C)=C/C(=O)NCCC1=CCCCC1. The van der Waals surface area contributed by atoms with Crippen LogP contribution in [0.5, 0.6) is 5.75 Å². The van der Waals surface area contributed by atoms with E-state index in [-0.39, 0.29) is 5.91 Å². The third kappa shape index (κ3) is 4.18. The lowest BCUT2D eigenvalue weighted by Gasteiger charge is -2.13. The smallest absolute Gasteiger partial charge is 0.244 e. The van der Waals surface area contributed by atoms with Crippen LogP contribution in [-0.2, 0) is 4.79 Å². The molecule has 4 nitrogen and oxygen atoms in total. The summed E-state index contributed by atoms with van der Waals surface area (Å²) in [5, 5.41) is 4.04. The number of ether oxygens (including phenoxy) is 1. The van der Waals surface area contributed by atoms with Gasteiger partial charge in [0, 0.05) is 29.6 Å². The van der Waals surface area contributed by atoms with Gasteiger partial charge in [0.25, 0.3) is 0 Å². The minimum atomic E-state index is -0.0648. The van der Waals surface area contributed by atoms with Gasteiger partial charge in [-0.2, -0.15) is 0 Å². The Kier molecular flexibility index (Phi) is 5.82. The van der Waals surface area contributed by atoms with Gasteiger partial charge in [-0.15, -0.1) is 0 Å². The predicted molar refractivity (Wildman–Crippen MR) is 105 cm³/mol. The van der Waals surface area contributed by atoms with Crippen molar-refractivity contribution in [3.8, 4) is 5.75 Å². The van der Waals surface area contributed by atoms with Crippen LogP contribution in [0.4, 0.5) is 0 Å². The van der Waals surface area contributed by atoms with Crippen molar-refractivity contribution in [2.24, 2.45) is 0 Å². The van der Waals surface area contributed by atoms with Crippen LogP contribution in [0, 0.1) is 6.92 Å². The number of fused-ring (bicyclic) bond motifs is 1. The van der Waals surface area contributed by atoms with Crippen molar-refractivity contribution in [1.29, 1.82) is 0 Å². The van der Waals surface area contributed by atoms with E-state index >= 15 is 0 Å². The van der Waals surface area contributed by atoms with Crippen LogP contribution in [-0.4, -0.2) is 19.6 Å². The minimum absolute atomic E-state index is 0.0648. The number of rotatable bonds is 6. The third-order valence-electron chi connectivity index (χ3n) is 4.99. The van der Waals surface area contributed by atoms with Crippen molar-refractivity contribution in [3.63, 3.8) is 0 Å². The number of hydrogen-bond donors (Lipinski definition) is 1. The van der Waals surface area contributed by atoms with Gasteiger partial charge in [-0.05, 0) is 63.2 Å². The fraction of sp³-hybridized carbons (Fsp3) is 0.409. The Morgan fingerprint density at radius 1 is 1.35 bits per heavy atom. The van der Waals surface area contributed by atoms with E-state index in [1.54, 1.807) is 19.4 Å². The maximum atomic E-state index is 12.3. The molecule has 1 aromatic heterocycles. The van der Waals surface area contributed by atoms with Gasteiger partial charge in [0.1, 0.15) is 11.3 Å². The van der Waals surface area contributed by atoms with Gasteiger partial charge in [-0.25, -0.2) is 0 Å². The molecule has 3 rings (SSSR count). The first-order valence-corrected chi connectivity index (χ1v) is 9.28. The standard InChI is InChI=1S/C22H27NO3/c1-15(11-22(24)23-10-9-17-7-5-4-6-8-17)18-12-19-16(2)14-26-21(19)13-20(18)25-3/h7,11-14H,4-6,8-10H2,1-3H3,(H,23,24)/b15-11+. The molecule has 1 heterocycles. The van der Waals surface area contributed by atoms with Crippen molar-refractivity contribution in [2.45, 2.75) is 46.0 Å². The van der Waals surface area contributed by atoms with Crippen LogP contribution in [0.1, 0.15) is 50.2 Å². The summed E-state index contributed by atoms with van der Waals surface area (Å²) in [7, 11) is 1.63. The molecule has 2 aromatic rings. The van der Waals surface area contributed by atoms with Crippen molar-refractivity contribution in [2.75, 3.05) is 13.7 Å². The lowest BCUT2D eigenvalue weighted by atomic mass is 9.97. The van der Waals surface area contributed by atoms with Crippen molar-refractivity contribution < 1.29 is 13.9 Å². The molecule has 1 N–H and O–H groups in total. The summed E-state index contributed by atoms with van der Waals surface area (Å²) in [5.74, 6) is 0.644. The van der Waals surface area contributed by atoms with Crippen LogP contribution in [0.2, 0.25) is 0 Å². The second-order valence-corrected chi connectivity index (χ2v) is 6.94. The minimum Gasteiger partial charge on any atom is -0.496 e. The molecule has 0 unspecified atom stereocenters. The largest absolute Gasteiger partial charge is 0.496 e. The summed E-state index contributed by atoms with van der Waals surface area (Å²) >= 11 is 0. The number of nitrogens with one attached hydrogen (secondary N) is 1. The molecule has 0 aliphatic heterocycles. The van der Waals surface area contributed by atoms with Crippen LogP contribution >= 0.6 is 0 Å². The normalized spacial score (nSPS) is 15.0. The maximum Gasteiger partial charge on any atom is 0.244 e. The third-order valence-corrected chi connectivity index (χ3v) is 4.99. The lowest BCUT2D eigenvalue weighted by molar-refractivity contribution is -0.116. The van der Waals surface area contributed by atoms with E-state index in [2.05, 4.69) is 11.4 Å². The monoisotopic (exact) mass is 353 g/mol. The van der Waals surface area contributed by atoms with E-state index in [0.29, 0.717) is 12.3 Å². The average molecular weight is 353 g/mol. The first-order valence-electron chi connectivity index (χ1n) is 9.28. The summed E-state index contributed by atoms with van der Waals surface area (Å²) in [4.78, 5) is 12.3. The van der Waals surface area contributed by atoms with Crippen LogP contribution in [0.25, 0.3) is 16.5 Å². The van der Waals surface area contributed by atoms with Gasteiger partial charge in [0.2, 0.25) is 5.91 Å². The van der Waals surface area contributed by atoms with Crippen LogP contribution in [0.3, 0.4) is 0 Å². The quantitative estimate of drug-likeness (QED) is 0.576. The zero-order valence-electron chi connectivity index (χ0n) is 15.9. The number of allylic oxidation sites excluding steroid dienone is 2. The molecule has 1 aliphatic carbocycles.